The van der Waals surface area contributed by atoms with Gasteiger partial charge in [0.05, 0.1) is 0 Å². The largest absolute Gasteiger partial charge is 0.378 e. The van der Waals surface area contributed by atoms with Crippen LogP contribution in [0.15, 0.2) is 28.7 Å². The molecule has 2 rings (SSSR count). The first-order valence-electron chi connectivity index (χ1n) is 4.48. The van der Waals surface area contributed by atoms with Crippen LogP contribution in [0.2, 0.25) is 0 Å². The fourth-order valence-corrected chi connectivity index (χ4v) is 1.63. The Morgan fingerprint density at radius 1 is 1.31 bits per heavy atom. The first-order chi connectivity index (χ1) is 6.24. The van der Waals surface area contributed by atoms with Gasteiger partial charge in [0.2, 0.25) is 0 Å². The summed E-state index contributed by atoms with van der Waals surface area (Å²) in [4.78, 5) is 0. The number of hydrogen-bond donors (Lipinski definition) is 2. The van der Waals surface area contributed by atoms with Crippen LogP contribution in [0.5, 0.6) is 0 Å². The van der Waals surface area contributed by atoms with Crippen LogP contribution in [-0.4, -0.2) is 12.1 Å². The average Bonchev–Trinajstić information content (AvgIpc) is 2.90. The summed E-state index contributed by atoms with van der Waals surface area (Å²) in [5, 5.41) is 3.46. The van der Waals surface area contributed by atoms with E-state index in [-0.39, 0.29) is 5.54 Å². The van der Waals surface area contributed by atoms with Crippen LogP contribution in [0.25, 0.3) is 0 Å². The average molecular weight is 241 g/mol. The normalized spacial score (nSPS) is 18.3. The van der Waals surface area contributed by atoms with E-state index in [4.69, 9.17) is 5.73 Å². The van der Waals surface area contributed by atoms with Gasteiger partial charge in [0.1, 0.15) is 0 Å². The summed E-state index contributed by atoms with van der Waals surface area (Å²) in [6.45, 7) is 0.725. The van der Waals surface area contributed by atoms with Gasteiger partial charge in [-0.25, -0.2) is 0 Å². The van der Waals surface area contributed by atoms with Crippen LogP contribution in [0.3, 0.4) is 0 Å². The molecule has 1 aliphatic carbocycles. The Morgan fingerprint density at radius 3 is 2.38 bits per heavy atom. The first kappa shape index (κ1) is 9.03. The van der Waals surface area contributed by atoms with E-state index in [0.29, 0.717) is 0 Å². The van der Waals surface area contributed by atoms with Crippen LogP contribution in [0.1, 0.15) is 12.8 Å². The van der Waals surface area contributed by atoms with Crippen LogP contribution in [0, 0.1) is 0 Å². The maximum atomic E-state index is 5.67. The van der Waals surface area contributed by atoms with Crippen molar-refractivity contribution in [3.63, 3.8) is 0 Å². The fraction of sp³-hybridized carbons (Fsp3) is 0.400. The van der Waals surface area contributed by atoms with Crippen molar-refractivity contribution in [2.45, 2.75) is 18.4 Å². The zero-order valence-corrected chi connectivity index (χ0v) is 8.97. The molecule has 1 saturated carbocycles. The maximum Gasteiger partial charge on any atom is 0.0497 e. The van der Waals surface area contributed by atoms with E-state index in [0.717, 1.165) is 16.7 Å². The van der Waals surface area contributed by atoms with Crippen LogP contribution >= 0.6 is 15.9 Å². The molecule has 0 atom stereocenters. The third kappa shape index (κ3) is 2.03. The Balaban J connectivity index is 2.06. The second-order valence-corrected chi connectivity index (χ2v) is 4.53. The van der Waals surface area contributed by atoms with E-state index in [1.165, 1.54) is 12.8 Å². The molecule has 0 heterocycles. The van der Waals surface area contributed by atoms with E-state index in [1.807, 2.05) is 12.1 Å². The molecule has 2 nitrogen and oxygen atoms in total. The molecule has 0 unspecified atom stereocenters. The van der Waals surface area contributed by atoms with Crippen molar-refractivity contribution >= 4 is 21.6 Å². The van der Waals surface area contributed by atoms with Gasteiger partial charge in [-0.3, -0.25) is 0 Å². The number of rotatable bonds is 3. The maximum absolute atomic E-state index is 5.67. The van der Waals surface area contributed by atoms with Gasteiger partial charge in [0.15, 0.2) is 0 Å². The van der Waals surface area contributed by atoms with Gasteiger partial charge in [-0.2, -0.15) is 0 Å². The number of nitrogens with two attached hydrogens (primary N) is 1. The molecule has 0 spiro atoms. The van der Waals surface area contributed by atoms with Crippen LogP contribution < -0.4 is 11.1 Å². The molecule has 3 N–H and O–H groups in total. The van der Waals surface area contributed by atoms with Crippen molar-refractivity contribution in [3.8, 4) is 0 Å². The quantitative estimate of drug-likeness (QED) is 0.852. The summed E-state index contributed by atoms with van der Waals surface area (Å²) < 4.78 is 1.11. The zero-order valence-electron chi connectivity index (χ0n) is 7.39. The number of nitrogens with one attached hydrogen (secondary N) is 1. The Labute approximate surface area is 86.6 Å². The van der Waals surface area contributed by atoms with Gasteiger partial charge in [0.25, 0.3) is 0 Å². The fourth-order valence-electron chi connectivity index (χ4n) is 1.37. The number of benzene rings is 1. The summed E-state index contributed by atoms with van der Waals surface area (Å²) in [6, 6.07) is 8.21. The molecular weight excluding hydrogens is 228 g/mol. The van der Waals surface area contributed by atoms with Crippen molar-refractivity contribution in [1.82, 2.24) is 0 Å². The topological polar surface area (TPSA) is 38.0 Å². The highest BCUT2D eigenvalue weighted by Crippen LogP contribution is 2.37. The standard InChI is InChI=1S/C10H13BrN2/c11-8-1-3-9(4-2-8)13-10(7-12)5-6-10/h1-4,13H,5-7,12H2. The minimum atomic E-state index is 0.202. The lowest BCUT2D eigenvalue weighted by molar-refractivity contribution is 0.742. The van der Waals surface area contributed by atoms with Gasteiger partial charge in [-0.1, -0.05) is 15.9 Å². The summed E-state index contributed by atoms with van der Waals surface area (Å²) in [7, 11) is 0. The first-order valence-corrected chi connectivity index (χ1v) is 5.27. The molecule has 0 aromatic heterocycles. The van der Waals surface area contributed by atoms with Crippen molar-refractivity contribution in [1.29, 1.82) is 0 Å². The van der Waals surface area contributed by atoms with E-state index in [1.54, 1.807) is 0 Å². The SMILES string of the molecule is NCC1(Nc2ccc(Br)cc2)CC1. The number of halogens is 1. The van der Waals surface area contributed by atoms with E-state index >= 15 is 0 Å². The van der Waals surface area contributed by atoms with Crippen LogP contribution in [0.4, 0.5) is 5.69 Å². The second-order valence-electron chi connectivity index (χ2n) is 3.62. The lowest BCUT2D eigenvalue weighted by Crippen LogP contribution is -2.30. The van der Waals surface area contributed by atoms with Crippen LogP contribution in [-0.2, 0) is 0 Å². The third-order valence-electron chi connectivity index (χ3n) is 2.50. The minimum absolute atomic E-state index is 0.202. The van der Waals surface area contributed by atoms with Gasteiger partial charge < -0.3 is 11.1 Å². The Kier molecular flexibility index (Phi) is 2.30. The molecule has 3 heteroatoms. The molecule has 1 fully saturated rings. The summed E-state index contributed by atoms with van der Waals surface area (Å²) in [6.07, 6.45) is 2.39. The molecule has 13 heavy (non-hydrogen) atoms. The van der Waals surface area contributed by atoms with Gasteiger partial charge >= 0.3 is 0 Å². The Morgan fingerprint density at radius 2 is 1.92 bits per heavy atom. The monoisotopic (exact) mass is 240 g/mol. The molecular formula is C10H13BrN2. The molecule has 70 valence electrons. The minimum Gasteiger partial charge on any atom is -0.378 e. The van der Waals surface area contributed by atoms with Crippen molar-refractivity contribution in [2.75, 3.05) is 11.9 Å². The molecule has 0 aliphatic heterocycles. The molecule has 0 saturated heterocycles. The summed E-state index contributed by atoms with van der Waals surface area (Å²) >= 11 is 3.41. The highest BCUT2D eigenvalue weighted by molar-refractivity contribution is 9.10. The highest BCUT2D eigenvalue weighted by atomic mass is 79.9. The molecule has 0 bridgehead atoms. The lowest BCUT2D eigenvalue weighted by Gasteiger charge is -2.16. The van der Waals surface area contributed by atoms with E-state index in [9.17, 15) is 0 Å². The smallest absolute Gasteiger partial charge is 0.0497 e. The molecule has 0 radical (unpaired) electrons. The van der Waals surface area contributed by atoms with E-state index < -0.39 is 0 Å². The van der Waals surface area contributed by atoms with Gasteiger partial charge in [0, 0.05) is 22.2 Å². The van der Waals surface area contributed by atoms with Crippen molar-refractivity contribution in [3.05, 3.63) is 28.7 Å². The van der Waals surface area contributed by atoms with E-state index in [2.05, 4.69) is 33.4 Å². The second kappa shape index (κ2) is 3.31. The number of hydrogen-bond acceptors (Lipinski definition) is 2. The molecule has 1 aromatic rings. The molecule has 1 aromatic carbocycles. The highest BCUT2D eigenvalue weighted by Gasteiger charge is 2.40. The van der Waals surface area contributed by atoms with Crippen molar-refractivity contribution < 1.29 is 0 Å². The van der Waals surface area contributed by atoms with Crippen molar-refractivity contribution in [2.24, 2.45) is 5.73 Å². The Hall–Kier alpha value is -0.540. The van der Waals surface area contributed by atoms with Gasteiger partial charge in [-0.15, -0.1) is 0 Å². The predicted molar refractivity (Wildman–Crippen MR) is 58.8 cm³/mol. The Bertz CT molecular complexity index is 290. The molecule has 0 amide bonds. The lowest BCUT2D eigenvalue weighted by atomic mass is 10.2. The number of anilines is 1. The zero-order chi connectivity index (χ0) is 9.31. The summed E-state index contributed by atoms with van der Waals surface area (Å²) in [5.41, 5.74) is 7.04. The van der Waals surface area contributed by atoms with Gasteiger partial charge in [-0.05, 0) is 37.1 Å². The third-order valence-corrected chi connectivity index (χ3v) is 3.03. The summed E-state index contributed by atoms with van der Waals surface area (Å²) in [5.74, 6) is 0. The molecule has 1 aliphatic rings. The predicted octanol–water partition coefficient (Wildman–Crippen LogP) is 2.35.